The summed E-state index contributed by atoms with van der Waals surface area (Å²) in [5, 5.41) is 10.8. The molecule has 2 aliphatic rings. The molecule has 0 unspecified atom stereocenters. The average molecular weight is 492 g/mol. The molecule has 1 aromatic carbocycles. The minimum absolute atomic E-state index is 0. The summed E-state index contributed by atoms with van der Waals surface area (Å²) in [7, 11) is 0. The van der Waals surface area contributed by atoms with Crippen LogP contribution in [0.25, 0.3) is 11.3 Å². The summed E-state index contributed by atoms with van der Waals surface area (Å²) in [5.74, 6) is 0.708. The fraction of sp³-hybridized carbons (Fsp3) is 0.500. The minimum atomic E-state index is -0.199. The molecular formula is C20H28Cl2N4O2S2. The highest BCUT2D eigenvalue weighted by molar-refractivity contribution is 7.59. The van der Waals surface area contributed by atoms with Gasteiger partial charge >= 0.3 is 0 Å². The molecule has 4 rings (SSSR count). The molecule has 2 atom stereocenters. The van der Waals surface area contributed by atoms with E-state index in [4.69, 9.17) is 33.7 Å². The summed E-state index contributed by atoms with van der Waals surface area (Å²) >= 11 is 12.4. The van der Waals surface area contributed by atoms with Crippen LogP contribution in [-0.4, -0.2) is 46.9 Å². The van der Waals surface area contributed by atoms with Gasteiger partial charge in [0.1, 0.15) is 5.69 Å². The van der Waals surface area contributed by atoms with Gasteiger partial charge in [-0.25, -0.2) is 9.97 Å². The lowest BCUT2D eigenvalue weighted by molar-refractivity contribution is 0.0973. The molecule has 1 spiro atoms. The fourth-order valence-electron chi connectivity index (χ4n) is 4.26. The third-order valence-corrected chi connectivity index (χ3v) is 6.92. The molecule has 3 N–H and O–H groups in total. The van der Waals surface area contributed by atoms with Crippen molar-refractivity contribution in [3.8, 4) is 11.3 Å². The molecule has 6 nitrogen and oxygen atoms in total. The van der Waals surface area contributed by atoms with Crippen molar-refractivity contribution in [2.24, 2.45) is 11.1 Å². The van der Waals surface area contributed by atoms with Crippen molar-refractivity contribution in [2.75, 3.05) is 24.6 Å². The minimum Gasteiger partial charge on any atom is -0.390 e. The van der Waals surface area contributed by atoms with Gasteiger partial charge in [-0.2, -0.15) is 27.0 Å². The molecule has 0 bridgehead atoms. The number of halogens is 2. The molecule has 0 aliphatic carbocycles. The van der Waals surface area contributed by atoms with Crippen LogP contribution in [0.15, 0.2) is 24.4 Å². The lowest BCUT2D eigenvalue weighted by Gasteiger charge is -2.41. The second-order valence-electron chi connectivity index (χ2n) is 7.68. The van der Waals surface area contributed by atoms with Crippen molar-refractivity contribution in [1.82, 2.24) is 9.97 Å². The lowest BCUT2D eigenvalue weighted by Crippen LogP contribution is -2.51. The lowest BCUT2D eigenvalue weighted by atomic mass is 9.73. The molecule has 10 heteroatoms. The highest BCUT2D eigenvalue weighted by Crippen LogP contribution is 2.42. The molecule has 2 saturated heterocycles. The third kappa shape index (κ3) is 4.55. The Morgan fingerprint density at radius 1 is 1.27 bits per heavy atom. The number of benzene rings is 1. The van der Waals surface area contributed by atoms with Gasteiger partial charge in [0, 0.05) is 30.1 Å². The second kappa shape index (κ2) is 10.3. The standard InChI is InChI=1S/C20H24Cl2N4O2.2H2S/c1-12-18(23)20(11-28-12)5-7-26(8-6-20)19-16(10-27)25-15(9-24-19)13-3-2-4-14(21)17(13)22;;/h2-4,9,12,18,27H,5-8,10-11,23H2,1H3;2*1H2/t12-,18+;;/m0../s1. The first-order valence-corrected chi connectivity index (χ1v) is 10.2. The maximum Gasteiger partial charge on any atom is 0.152 e. The van der Waals surface area contributed by atoms with E-state index in [-0.39, 0.29) is 51.2 Å². The number of aromatic nitrogens is 2. The molecule has 166 valence electrons. The number of anilines is 1. The summed E-state index contributed by atoms with van der Waals surface area (Å²) in [4.78, 5) is 11.4. The van der Waals surface area contributed by atoms with Crippen LogP contribution in [0.4, 0.5) is 5.82 Å². The molecular weight excluding hydrogens is 463 g/mol. The van der Waals surface area contributed by atoms with Crippen LogP contribution in [0, 0.1) is 5.41 Å². The van der Waals surface area contributed by atoms with E-state index in [9.17, 15) is 5.11 Å². The first-order valence-electron chi connectivity index (χ1n) is 9.48. The SMILES string of the molecule is C[C@@H]1OCC2(CCN(c3ncc(-c4cccc(Cl)c4Cl)nc3CO)CC2)[C@@H]1N.S.S. The zero-order valence-electron chi connectivity index (χ0n) is 16.7. The van der Waals surface area contributed by atoms with Gasteiger partial charge in [-0.15, -0.1) is 0 Å². The Labute approximate surface area is 201 Å². The average Bonchev–Trinajstić information content (AvgIpc) is 2.99. The molecule has 0 saturated carbocycles. The van der Waals surface area contributed by atoms with Gasteiger partial charge in [-0.05, 0) is 25.8 Å². The molecule has 2 aromatic rings. The van der Waals surface area contributed by atoms with Crippen LogP contribution in [-0.2, 0) is 11.3 Å². The van der Waals surface area contributed by atoms with Gasteiger partial charge in [-0.3, -0.25) is 0 Å². The van der Waals surface area contributed by atoms with Crippen molar-refractivity contribution in [2.45, 2.75) is 38.5 Å². The summed E-state index contributed by atoms with van der Waals surface area (Å²) in [6.07, 6.45) is 3.66. The Kier molecular flexibility index (Phi) is 8.72. The number of piperidine rings is 1. The molecule has 0 amide bonds. The van der Waals surface area contributed by atoms with Gasteiger partial charge < -0.3 is 20.5 Å². The van der Waals surface area contributed by atoms with Crippen LogP contribution in [0.5, 0.6) is 0 Å². The van der Waals surface area contributed by atoms with Crippen molar-refractivity contribution in [1.29, 1.82) is 0 Å². The molecule has 0 radical (unpaired) electrons. The first kappa shape index (κ1) is 25.5. The van der Waals surface area contributed by atoms with E-state index in [1.54, 1.807) is 12.3 Å². The van der Waals surface area contributed by atoms with Crippen LogP contribution in [0.2, 0.25) is 10.0 Å². The predicted octanol–water partition coefficient (Wildman–Crippen LogP) is 3.50. The van der Waals surface area contributed by atoms with Crippen LogP contribution < -0.4 is 10.6 Å². The van der Waals surface area contributed by atoms with Crippen molar-refractivity contribution >= 4 is 56.0 Å². The highest BCUT2D eigenvalue weighted by Gasteiger charge is 2.47. The number of ether oxygens (including phenoxy) is 1. The Hall–Kier alpha value is -0.740. The normalized spacial score (nSPS) is 22.5. The molecule has 30 heavy (non-hydrogen) atoms. The number of hydrogen-bond donors (Lipinski definition) is 2. The van der Waals surface area contributed by atoms with Gasteiger partial charge in [-0.1, -0.05) is 35.3 Å². The second-order valence-corrected chi connectivity index (χ2v) is 8.46. The Morgan fingerprint density at radius 3 is 2.57 bits per heavy atom. The monoisotopic (exact) mass is 490 g/mol. The number of aliphatic hydroxyl groups is 1. The van der Waals surface area contributed by atoms with Crippen molar-refractivity contribution in [3.05, 3.63) is 40.1 Å². The van der Waals surface area contributed by atoms with Crippen molar-refractivity contribution < 1.29 is 9.84 Å². The molecule has 2 aliphatic heterocycles. The van der Waals surface area contributed by atoms with Gasteiger partial charge in [0.15, 0.2) is 5.82 Å². The smallest absolute Gasteiger partial charge is 0.152 e. The summed E-state index contributed by atoms with van der Waals surface area (Å²) in [6, 6.07) is 5.44. The van der Waals surface area contributed by atoms with E-state index in [0.717, 1.165) is 25.9 Å². The van der Waals surface area contributed by atoms with Crippen LogP contribution in [0.1, 0.15) is 25.5 Å². The maximum atomic E-state index is 9.90. The maximum absolute atomic E-state index is 9.90. The van der Waals surface area contributed by atoms with E-state index >= 15 is 0 Å². The zero-order valence-corrected chi connectivity index (χ0v) is 20.2. The van der Waals surface area contributed by atoms with E-state index in [1.165, 1.54) is 0 Å². The Balaban J connectivity index is 0.00000160. The highest BCUT2D eigenvalue weighted by atomic mass is 35.5. The quantitative estimate of drug-likeness (QED) is 0.684. The number of aliphatic hydroxyl groups excluding tert-OH is 1. The largest absolute Gasteiger partial charge is 0.390 e. The summed E-state index contributed by atoms with van der Waals surface area (Å²) < 4.78 is 5.80. The third-order valence-electron chi connectivity index (χ3n) is 6.11. The molecule has 3 heterocycles. The summed E-state index contributed by atoms with van der Waals surface area (Å²) in [5.41, 5.74) is 8.26. The zero-order chi connectivity index (χ0) is 19.9. The van der Waals surface area contributed by atoms with Crippen LogP contribution >= 0.6 is 50.2 Å². The van der Waals surface area contributed by atoms with E-state index < -0.39 is 0 Å². The molecule has 1 aromatic heterocycles. The number of nitrogens with zero attached hydrogens (tertiary/aromatic N) is 3. The molecule has 2 fully saturated rings. The van der Waals surface area contributed by atoms with Gasteiger partial charge in [0.2, 0.25) is 0 Å². The van der Waals surface area contributed by atoms with E-state index in [0.29, 0.717) is 39.4 Å². The Morgan fingerprint density at radius 2 is 1.97 bits per heavy atom. The summed E-state index contributed by atoms with van der Waals surface area (Å²) in [6.45, 7) is 4.18. The predicted molar refractivity (Wildman–Crippen MR) is 131 cm³/mol. The first-order chi connectivity index (χ1) is 13.4. The van der Waals surface area contributed by atoms with E-state index in [2.05, 4.69) is 14.9 Å². The fourth-order valence-corrected chi connectivity index (χ4v) is 4.66. The van der Waals surface area contributed by atoms with Gasteiger partial charge in [0.05, 0.1) is 41.3 Å². The van der Waals surface area contributed by atoms with Gasteiger partial charge in [0.25, 0.3) is 0 Å². The number of rotatable bonds is 3. The Bertz CT molecular complexity index is 882. The number of hydrogen-bond acceptors (Lipinski definition) is 6. The number of nitrogens with two attached hydrogens (primary N) is 1. The topological polar surface area (TPSA) is 84.5 Å². The van der Waals surface area contributed by atoms with Crippen LogP contribution in [0.3, 0.4) is 0 Å². The van der Waals surface area contributed by atoms with Crippen molar-refractivity contribution in [3.63, 3.8) is 0 Å². The van der Waals surface area contributed by atoms with E-state index in [1.807, 2.05) is 19.1 Å².